The first-order chi connectivity index (χ1) is 13.5. The minimum atomic E-state index is -0.324. The second kappa shape index (κ2) is 9.06. The molecule has 0 aliphatic rings. The van der Waals surface area contributed by atoms with Gasteiger partial charge in [-0.1, -0.05) is 35.9 Å². The normalized spacial score (nSPS) is 10.2. The monoisotopic (exact) mass is 394 g/mol. The Hall–Kier alpha value is -3.31. The standard InChI is InChI=1S/C22H19ClN2O3/c1-15-12-17(23)10-11-20(15)28-14-21(26)24-19-9-5-6-16(13-19)22(27)25-18-7-3-2-4-8-18/h2-13H,14H2,1H3,(H,24,26)(H,25,27). The van der Waals surface area contributed by atoms with Gasteiger partial charge < -0.3 is 15.4 Å². The number of ether oxygens (including phenoxy) is 1. The summed E-state index contributed by atoms with van der Waals surface area (Å²) in [5.74, 6) is 0.0147. The van der Waals surface area contributed by atoms with Gasteiger partial charge in [0.2, 0.25) is 0 Å². The van der Waals surface area contributed by atoms with Crippen LogP contribution in [0.1, 0.15) is 15.9 Å². The Balaban J connectivity index is 1.59. The van der Waals surface area contributed by atoms with Gasteiger partial charge in [0.05, 0.1) is 0 Å². The average molecular weight is 395 g/mol. The number of aryl methyl sites for hydroxylation is 1. The number of hydrogen-bond acceptors (Lipinski definition) is 3. The van der Waals surface area contributed by atoms with Crippen LogP contribution in [-0.4, -0.2) is 18.4 Å². The van der Waals surface area contributed by atoms with Gasteiger partial charge in [0.15, 0.2) is 6.61 Å². The van der Waals surface area contributed by atoms with Crippen molar-refractivity contribution in [1.29, 1.82) is 0 Å². The zero-order valence-corrected chi connectivity index (χ0v) is 16.0. The lowest BCUT2D eigenvalue weighted by atomic mass is 10.2. The predicted octanol–water partition coefficient (Wildman–Crippen LogP) is 4.92. The molecule has 0 unspecified atom stereocenters. The van der Waals surface area contributed by atoms with Gasteiger partial charge in [-0.05, 0) is 61.0 Å². The number of carbonyl (C=O) groups is 2. The summed E-state index contributed by atoms with van der Waals surface area (Å²) < 4.78 is 5.53. The predicted molar refractivity (Wildman–Crippen MR) is 111 cm³/mol. The summed E-state index contributed by atoms with van der Waals surface area (Å²) >= 11 is 5.91. The first kappa shape index (κ1) is 19.5. The lowest BCUT2D eigenvalue weighted by Crippen LogP contribution is -2.21. The Morgan fingerprint density at radius 2 is 1.64 bits per heavy atom. The molecule has 142 valence electrons. The Morgan fingerprint density at radius 3 is 2.39 bits per heavy atom. The maximum atomic E-state index is 12.4. The Labute approximate surface area is 168 Å². The van der Waals surface area contributed by atoms with Crippen LogP contribution in [0.4, 0.5) is 11.4 Å². The molecule has 3 aromatic rings. The molecule has 0 bridgehead atoms. The molecule has 0 fully saturated rings. The lowest BCUT2D eigenvalue weighted by Gasteiger charge is -2.11. The summed E-state index contributed by atoms with van der Waals surface area (Å²) in [5, 5.41) is 6.15. The first-order valence-corrected chi connectivity index (χ1v) is 9.04. The Bertz CT molecular complexity index is 990. The molecule has 3 rings (SSSR count). The van der Waals surface area contributed by atoms with Crippen LogP contribution in [0.3, 0.4) is 0 Å². The van der Waals surface area contributed by atoms with E-state index in [-0.39, 0.29) is 18.4 Å². The highest BCUT2D eigenvalue weighted by atomic mass is 35.5. The number of anilines is 2. The molecule has 0 radical (unpaired) electrons. The van der Waals surface area contributed by atoms with Crippen LogP contribution in [0.25, 0.3) is 0 Å². The van der Waals surface area contributed by atoms with E-state index in [9.17, 15) is 9.59 Å². The van der Waals surface area contributed by atoms with Gasteiger partial charge in [0.1, 0.15) is 5.75 Å². The molecule has 5 nitrogen and oxygen atoms in total. The van der Waals surface area contributed by atoms with Gasteiger partial charge in [-0.2, -0.15) is 0 Å². The fourth-order valence-corrected chi connectivity index (χ4v) is 2.80. The molecule has 0 atom stereocenters. The van der Waals surface area contributed by atoms with E-state index in [1.54, 1.807) is 54.6 Å². The third-order valence-corrected chi connectivity index (χ3v) is 4.17. The first-order valence-electron chi connectivity index (χ1n) is 8.66. The van der Waals surface area contributed by atoms with Crippen molar-refractivity contribution < 1.29 is 14.3 Å². The minimum absolute atomic E-state index is 0.150. The van der Waals surface area contributed by atoms with Crippen molar-refractivity contribution in [1.82, 2.24) is 0 Å². The third kappa shape index (κ3) is 5.34. The van der Waals surface area contributed by atoms with E-state index in [1.807, 2.05) is 25.1 Å². The van der Waals surface area contributed by atoms with Crippen molar-refractivity contribution in [2.45, 2.75) is 6.92 Å². The molecule has 2 N–H and O–H groups in total. The smallest absolute Gasteiger partial charge is 0.262 e. The molecule has 3 aromatic carbocycles. The number of nitrogens with one attached hydrogen (secondary N) is 2. The van der Waals surface area contributed by atoms with Crippen LogP contribution >= 0.6 is 11.6 Å². The van der Waals surface area contributed by atoms with Crippen LogP contribution in [0, 0.1) is 6.92 Å². The van der Waals surface area contributed by atoms with Crippen LogP contribution in [-0.2, 0) is 4.79 Å². The second-order valence-corrected chi connectivity index (χ2v) is 6.58. The number of hydrogen-bond donors (Lipinski definition) is 2. The molecule has 0 aromatic heterocycles. The largest absolute Gasteiger partial charge is 0.483 e. The highest BCUT2D eigenvalue weighted by Gasteiger charge is 2.09. The maximum absolute atomic E-state index is 12.4. The molecular weight excluding hydrogens is 376 g/mol. The number of rotatable bonds is 6. The number of benzene rings is 3. The quantitative estimate of drug-likeness (QED) is 0.623. The summed E-state index contributed by atoms with van der Waals surface area (Å²) in [6.45, 7) is 1.71. The van der Waals surface area contributed by atoms with Crippen molar-refractivity contribution in [2.75, 3.05) is 17.2 Å². The third-order valence-electron chi connectivity index (χ3n) is 3.94. The zero-order chi connectivity index (χ0) is 19.9. The number of halogens is 1. The van der Waals surface area contributed by atoms with Gasteiger partial charge in [-0.3, -0.25) is 9.59 Å². The van der Waals surface area contributed by atoms with Gasteiger partial charge in [-0.25, -0.2) is 0 Å². The lowest BCUT2D eigenvalue weighted by molar-refractivity contribution is -0.118. The fraction of sp³-hybridized carbons (Fsp3) is 0.0909. The van der Waals surface area contributed by atoms with Crippen LogP contribution in [0.15, 0.2) is 72.8 Å². The van der Waals surface area contributed by atoms with Gasteiger partial charge >= 0.3 is 0 Å². The summed E-state index contributed by atoms with van der Waals surface area (Å²) in [6, 6.07) is 21.1. The van der Waals surface area contributed by atoms with E-state index in [4.69, 9.17) is 16.3 Å². The number of carbonyl (C=O) groups excluding carboxylic acids is 2. The van der Waals surface area contributed by atoms with Crippen LogP contribution < -0.4 is 15.4 Å². The summed E-state index contributed by atoms with van der Waals surface area (Å²) in [4.78, 5) is 24.5. The van der Waals surface area contributed by atoms with E-state index < -0.39 is 0 Å². The Kier molecular flexibility index (Phi) is 6.29. The van der Waals surface area contributed by atoms with Crippen molar-refractivity contribution in [3.05, 3.63) is 88.9 Å². The zero-order valence-electron chi connectivity index (χ0n) is 15.2. The molecule has 6 heteroatoms. The van der Waals surface area contributed by atoms with Crippen molar-refractivity contribution in [3.8, 4) is 5.75 Å². The number of amides is 2. The molecule has 0 saturated carbocycles. The van der Waals surface area contributed by atoms with Crippen molar-refractivity contribution in [3.63, 3.8) is 0 Å². The SMILES string of the molecule is Cc1cc(Cl)ccc1OCC(=O)Nc1cccc(C(=O)Nc2ccccc2)c1. The van der Waals surface area contributed by atoms with E-state index in [0.717, 1.165) is 5.56 Å². The van der Waals surface area contributed by atoms with E-state index >= 15 is 0 Å². The fourth-order valence-electron chi connectivity index (χ4n) is 2.58. The molecule has 0 saturated heterocycles. The van der Waals surface area contributed by atoms with Gasteiger partial charge in [0, 0.05) is 22.0 Å². The molecule has 28 heavy (non-hydrogen) atoms. The minimum Gasteiger partial charge on any atom is -0.483 e. The van der Waals surface area contributed by atoms with Gasteiger partial charge in [0.25, 0.3) is 11.8 Å². The highest BCUT2D eigenvalue weighted by molar-refractivity contribution is 6.30. The van der Waals surface area contributed by atoms with Crippen molar-refractivity contribution in [2.24, 2.45) is 0 Å². The molecule has 0 aliphatic heterocycles. The maximum Gasteiger partial charge on any atom is 0.262 e. The van der Waals surface area contributed by atoms with E-state index in [1.165, 1.54) is 0 Å². The number of para-hydroxylation sites is 1. The molecule has 0 heterocycles. The summed E-state index contributed by atoms with van der Waals surface area (Å²) in [7, 11) is 0. The average Bonchev–Trinajstić information content (AvgIpc) is 2.68. The molecule has 0 aliphatic carbocycles. The molecular formula is C22H19ClN2O3. The topological polar surface area (TPSA) is 67.4 Å². The van der Waals surface area contributed by atoms with Crippen LogP contribution in [0.2, 0.25) is 5.02 Å². The molecule has 0 spiro atoms. The second-order valence-electron chi connectivity index (χ2n) is 6.15. The highest BCUT2D eigenvalue weighted by Crippen LogP contribution is 2.21. The van der Waals surface area contributed by atoms with Gasteiger partial charge in [-0.15, -0.1) is 0 Å². The summed E-state index contributed by atoms with van der Waals surface area (Å²) in [6.07, 6.45) is 0. The molecule has 2 amide bonds. The van der Waals surface area contributed by atoms with E-state index in [0.29, 0.717) is 27.7 Å². The summed E-state index contributed by atoms with van der Waals surface area (Å²) in [5.41, 5.74) is 2.51. The van der Waals surface area contributed by atoms with E-state index in [2.05, 4.69) is 10.6 Å². The van der Waals surface area contributed by atoms with Crippen molar-refractivity contribution >= 4 is 34.8 Å². The van der Waals surface area contributed by atoms with Crippen LogP contribution in [0.5, 0.6) is 5.75 Å². The Morgan fingerprint density at radius 1 is 0.893 bits per heavy atom.